The van der Waals surface area contributed by atoms with Crippen LogP contribution in [0.15, 0.2) is 28.8 Å². The summed E-state index contributed by atoms with van der Waals surface area (Å²) in [6.45, 7) is 4.17. The van der Waals surface area contributed by atoms with Gasteiger partial charge in [0.05, 0.1) is 12.6 Å². The summed E-state index contributed by atoms with van der Waals surface area (Å²) in [6, 6.07) is 8.57. The molecule has 0 fully saturated rings. The first-order valence-electron chi connectivity index (χ1n) is 7.07. The van der Waals surface area contributed by atoms with E-state index in [9.17, 15) is 0 Å². The van der Waals surface area contributed by atoms with Gasteiger partial charge in [-0.15, -0.1) is 0 Å². The average molecular weight is 273 g/mol. The molecule has 5 heteroatoms. The Hall–Kier alpha value is -1.72. The maximum atomic E-state index is 5.37. The first-order valence-corrected chi connectivity index (χ1v) is 7.07. The number of nitrogens with one attached hydrogen (secondary N) is 1. The molecule has 1 aliphatic heterocycles. The molecule has 1 N–H and O–H groups in total. The predicted octanol–water partition coefficient (Wildman–Crippen LogP) is 2.04. The molecule has 0 amide bonds. The van der Waals surface area contributed by atoms with Crippen LogP contribution < -0.4 is 5.32 Å². The molecule has 0 saturated carbocycles. The minimum Gasteiger partial charge on any atom is -0.381 e. The van der Waals surface area contributed by atoms with Crippen molar-refractivity contribution in [2.45, 2.75) is 32.4 Å². The average Bonchev–Trinajstić information content (AvgIpc) is 2.96. The van der Waals surface area contributed by atoms with Gasteiger partial charge in [0.15, 0.2) is 5.82 Å². The molecular formula is C15H19N3O2. The molecule has 1 aromatic carbocycles. The lowest BCUT2D eigenvalue weighted by Gasteiger charge is -2.23. The lowest BCUT2D eigenvalue weighted by molar-refractivity contribution is 0.149. The molecule has 0 spiro atoms. The van der Waals surface area contributed by atoms with Gasteiger partial charge in [-0.3, -0.25) is 0 Å². The summed E-state index contributed by atoms with van der Waals surface area (Å²) in [6.07, 6.45) is 1.59. The first-order chi connectivity index (χ1) is 9.86. The van der Waals surface area contributed by atoms with Crippen molar-refractivity contribution in [1.82, 2.24) is 15.5 Å². The van der Waals surface area contributed by atoms with Crippen LogP contribution in [0.2, 0.25) is 0 Å². The van der Waals surface area contributed by atoms with E-state index in [0.717, 1.165) is 13.0 Å². The van der Waals surface area contributed by atoms with Gasteiger partial charge in [0, 0.05) is 19.6 Å². The second kappa shape index (κ2) is 6.15. The van der Waals surface area contributed by atoms with Crippen LogP contribution in [-0.2, 0) is 24.1 Å². The third-order valence-electron chi connectivity index (χ3n) is 3.54. The summed E-state index contributed by atoms with van der Waals surface area (Å²) in [5.41, 5.74) is 2.70. The topological polar surface area (TPSA) is 60.2 Å². The van der Waals surface area contributed by atoms with Crippen LogP contribution in [0.5, 0.6) is 0 Å². The fourth-order valence-electron chi connectivity index (χ4n) is 2.45. The molecule has 0 unspecified atom stereocenters. The van der Waals surface area contributed by atoms with Crippen LogP contribution in [0.4, 0.5) is 0 Å². The lowest BCUT2D eigenvalue weighted by Crippen LogP contribution is -2.28. The van der Waals surface area contributed by atoms with E-state index >= 15 is 0 Å². The molecule has 1 aromatic heterocycles. The fraction of sp³-hybridized carbons (Fsp3) is 0.467. The van der Waals surface area contributed by atoms with Gasteiger partial charge in [0.25, 0.3) is 0 Å². The number of nitrogens with zero attached hydrogens (tertiary/aromatic N) is 2. The van der Waals surface area contributed by atoms with Crippen molar-refractivity contribution in [1.29, 1.82) is 0 Å². The maximum absolute atomic E-state index is 5.37. The molecule has 1 atom stereocenters. The number of aromatic nitrogens is 2. The fourth-order valence-corrected chi connectivity index (χ4v) is 2.45. The largest absolute Gasteiger partial charge is 0.381 e. The normalized spacial score (nSPS) is 17.9. The quantitative estimate of drug-likeness (QED) is 0.845. The number of ether oxygens (including phenoxy) is 1. The Kier molecular flexibility index (Phi) is 4.08. The Balaban J connectivity index is 1.66. The lowest BCUT2D eigenvalue weighted by atomic mass is 9.96. The SMILES string of the molecule is CCOCCc1noc([C@H]2Cc3ccccc3CN2)n1. The van der Waals surface area contributed by atoms with Crippen LogP contribution >= 0.6 is 0 Å². The summed E-state index contributed by atoms with van der Waals surface area (Å²) in [5, 5.41) is 7.46. The van der Waals surface area contributed by atoms with E-state index in [4.69, 9.17) is 9.26 Å². The van der Waals surface area contributed by atoms with Gasteiger partial charge < -0.3 is 14.6 Å². The summed E-state index contributed by atoms with van der Waals surface area (Å²) in [4.78, 5) is 4.46. The van der Waals surface area contributed by atoms with Crippen LogP contribution in [0.1, 0.15) is 35.8 Å². The smallest absolute Gasteiger partial charge is 0.244 e. The van der Waals surface area contributed by atoms with Crippen molar-refractivity contribution in [3.8, 4) is 0 Å². The van der Waals surface area contributed by atoms with Crippen LogP contribution in [0.3, 0.4) is 0 Å². The van der Waals surface area contributed by atoms with Crippen molar-refractivity contribution in [2.75, 3.05) is 13.2 Å². The Labute approximate surface area is 118 Å². The Bertz CT molecular complexity index is 568. The summed E-state index contributed by atoms with van der Waals surface area (Å²) < 4.78 is 10.7. The molecule has 0 radical (unpaired) electrons. The zero-order valence-corrected chi connectivity index (χ0v) is 11.6. The van der Waals surface area contributed by atoms with Crippen molar-refractivity contribution in [3.63, 3.8) is 0 Å². The number of rotatable bonds is 5. The Morgan fingerprint density at radius 3 is 3.05 bits per heavy atom. The van der Waals surface area contributed by atoms with Gasteiger partial charge in [-0.2, -0.15) is 4.98 Å². The number of fused-ring (bicyclic) bond motifs is 1. The minimum absolute atomic E-state index is 0.109. The zero-order chi connectivity index (χ0) is 13.8. The van der Waals surface area contributed by atoms with E-state index in [2.05, 4.69) is 39.7 Å². The van der Waals surface area contributed by atoms with Crippen molar-refractivity contribution >= 4 is 0 Å². The maximum Gasteiger partial charge on any atom is 0.244 e. The van der Waals surface area contributed by atoms with E-state index < -0.39 is 0 Å². The van der Waals surface area contributed by atoms with E-state index in [1.54, 1.807) is 0 Å². The van der Waals surface area contributed by atoms with Crippen molar-refractivity contribution in [3.05, 3.63) is 47.1 Å². The van der Waals surface area contributed by atoms with Gasteiger partial charge in [0.1, 0.15) is 0 Å². The predicted molar refractivity (Wildman–Crippen MR) is 74.2 cm³/mol. The molecule has 0 bridgehead atoms. The molecule has 3 rings (SSSR count). The molecule has 2 aromatic rings. The van der Waals surface area contributed by atoms with Gasteiger partial charge in [-0.05, 0) is 24.5 Å². The Morgan fingerprint density at radius 2 is 2.20 bits per heavy atom. The molecule has 1 aliphatic rings. The molecule has 0 aliphatic carbocycles. The van der Waals surface area contributed by atoms with Crippen molar-refractivity contribution in [2.24, 2.45) is 0 Å². The van der Waals surface area contributed by atoms with Crippen LogP contribution in [0.25, 0.3) is 0 Å². The summed E-state index contributed by atoms with van der Waals surface area (Å²) >= 11 is 0. The molecule has 2 heterocycles. The highest BCUT2D eigenvalue weighted by molar-refractivity contribution is 5.30. The van der Waals surface area contributed by atoms with Gasteiger partial charge >= 0.3 is 0 Å². The number of benzene rings is 1. The molecule has 106 valence electrons. The van der Waals surface area contributed by atoms with E-state index in [0.29, 0.717) is 31.3 Å². The van der Waals surface area contributed by atoms with Gasteiger partial charge in [-0.25, -0.2) is 0 Å². The van der Waals surface area contributed by atoms with Crippen molar-refractivity contribution < 1.29 is 9.26 Å². The van der Waals surface area contributed by atoms with Gasteiger partial charge in [0.2, 0.25) is 5.89 Å². The van der Waals surface area contributed by atoms with E-state index in [1.807, 2.05) is 6.92 Å². The minimum atomic E-state index is 0.109. The summed E-state index contributed by atoms with van der Waals surface area (Å²) in [7, 11) is 0. The summed E-state index contributed by atoms with van der Waals surface area (Å²) in [5.74, 6) is 1.39. The van der Waals surface area contributed by atoms with E-state index in [1.165, 1.54) is 11.1 Å². The standard InChI is InChI=1S/C15H19N3O2/c1-2-19-8-7-14-17-15(20-18-14)13-9-11-5-3-4-6-12(11)10-16-13/h3-6,13,16H,2,7-10H2,1H3/t13-/m1/s1. The second-order valence-corrected chi connectivity index (χ2v) is 4.90. The highest BCUT2D eigenvalue weighted by Crippen LogP contribution is 2.24. The van der Waals surface area contributed by atoms with Crippen LogP contribution in [0, 0.1) is 0 Å². The first kappa shape index (κ1) is 13.3. The second-order valence-electron chi connectivity index (χ2n) is 4.90. The number of hydrogen-bond acceptors (Lipinski definition) is 5. The molecule has 5 nitrogen and oxygen atoms in total. The molecular weight excluding hydrogens is 254 g/mol. The number of hydrogen-bond donors (Lipinski definition) is 1. The van der Waals surface area contributed by atoms with Crippen LogP contribution in [-0.4, -0.2) is 23.4 Å². The van der Waals surface area contributed by atoms with Gasteiger partial charge in [-0.1, -0.05) is 29.4 Å². The van der Waals surface area contributed by atoms with E-state index in [-0.39, 0.29) is 6.04 Å². The highest BCUT2D eigenvalue weighted by Gasteiger charge is 2.23. The monoisotopic (exact) mass is 273 g/mol. The zero-order valence-electron chi connectivity index (χ0n) is 11.6. The third kappa shape index (κ3) is 2.89. The molecule has 0 saturated heterocycles. The Morgan fingerprint density at radius 1 is 1.35 bits per heavy atom. The molecule has 20 heavy (non-hydrogen) atoms. The highest BCUT2D eigenvalue weighted by atomic mass is 16.5. The third-order valence-corrected chi connectivity index (χ3v) is 3.54.